The molecule has 6 heteroatoms. The molecule has 4 N–H and O–H groups in total. The number of rotatable bonds is 6. The summed E-state index contributed by atoms with van der Waals surface area (Å²) in [4.78, 5) is 19.4. The summed E-state index contributed by atoms with van der Waals surface area (Å²) in [6.07, 6.45) is 8.76. The number of carbonyl (C=O) groups is 1. The van der Waals surface area contributed by atoms with Crippen molar-refractivity contribution in [2.45, 2.75) is 31.4 Å². The molecule has 18 heavy (non-hydrogen) atoms. The van der Waals surface area contributed by atoms with Crippen LogP contribution in [0.2, 0.25) is 0 Å². The van der Waals surface area contributed by atoms with E-state index in [1.807, 2.05) is 18.2 Å². The SMILES string of the molecule is COC(CCC(=O)ON)CC1C=CC=CC(N)=N1. The molecular formula is C12H19N3O3. The van der Waals surface area contributed by atoms with Gasteiger partial charge in [-0.25, -0.2) is 0 Å². The van der Waals surface area contributed by atoms with Gasteiger partial charge in [-0.1, -0.05) is 18.2 Å². The quantitative estimate of drug-likeness (QED) is 0.669. The predicted molar refractivity (Wildman–Crippen MR) is 68.6 cm³/mol. The third-order valence-corrected chi connectivity index (χ3v) is 2.67. The number of ether oxygens (including phenoxy) is 1. The summed E-state index contributed by atoms with van der Waals surface area (Å²) in [5.74, 6) is 4.82. The fraction of sp³-hybridized carbons (Fsp3) is 0.500. The van der Waals surface area contributed by atoms with Crippen LogP contribution in [0.3, 0.4) is 0 Å². The first-order valence-electron chi connectivity index (χ1n) is 5.76. The highest BCUT2D eigenvalue weighted by Gasteiger charge is 2.16. The van der Waals surface area contributed by atoms with Crippen molar-refractivity contribution in [3.05, 3.63) is 24.3 Å². The van der Waals surface area contributed by atoms with Crippen molar-refractivity contribution in [1.82, 2.24) is 0 Å². The van der Waals surface area contributed by atoms with Crippen LogP contribution in [-0.4, -0.2) is 31.1 Å². The number of carbonyl (C=O) groups excluding carboxylic acids is 1. The summed E-state index contributed by atoms with van der Waals surface area (Å²) in [6, 6.07) is -0.0427. The van der Waals surface area contributed by atoms with Crippen LogP contribution < -0.4 is 11.6 Å². The monoisotopic (exact) mass is 253 g/mol. The second-order valence-corrected chi connectivity index (χ2v) is 3.99. The van der Waals surface area contributed by atoms with Crippen LogP contribution in [0.25, 0.3) is 0 Å². The maximum atomic E-state index is 11.0. The lowest BCUT2D eigenvalue weighted by atomic mass is 10.0. The van der Waals surface area contributed by atoms with E-state index >= 15 is 0 Å². The first-order valence-corrected chi connectivity index (χ1v) is 5.76. The van der Waals surface area contributed by atoms with E-state index in [0.717, 1.165) is 0 Å². The van der Waals surface area contributed by atoms with Gasteiger partial charge in [-0.2, -0.15) is 5.90 Å². The zero-order chi connectivity index (χ0) is 13.4. The molecule has 0 spiro atoms. The summed E-state index contributed by atoms with van der Waals surface area (Å²) in [5, 5.41) is 0. The van der Waals surface area contributed by atoms with Gasteiger partial charge < -0.3 is 15.3 Å². The molecule has 0 amide bonds. The molecule has 1 aliphatic rings. The van der Waals surface area contributed by atoms with Gasteiger partial charge in [0.25, 0.3) is 0 Å². The second-order valence-electron chi connectivity index (χ2n) is 3.99. The molecule has 0 aromatic carbocycles. The molecule has 2 atom stereocenters. The van der Waals surface area contributed by atoms with Gasteiger partial charge in [0.2, 0.25) is 0 Å². The summed E-state index contributed by atoms with van der Waals surface area (Å²) in [5.41, 5.74) is 5.68. The lowest BCUT2D eigenvalue weighted by molar-refractivity contribution is -0.144. The standard InChI is InChI=1S/C12H19N3O3/c1-17-10(6-7-12(16)18-14)8-9-4-2-3-5-11(13)15-9/h2-5,9-10H,6-8,14H2,1H3,(H2,13,15). The van der Waals surface area contributed by atoms with Gasteiger partial charge in [0.1, 0.15) is 5.84 Å². The molecule has 2 unspecified atom stereocenters. The minimum Gasteiger partial charge on any atom is -0.384 e. The fourth-order valence-electron chi connectivity index (χ4n) is 1.69. The number of nitrogens with two attached hydrogens (primary N) is 2. The Hall–Kier alpha value is -1.66. The van der Waals surface area contributed by atoms with Crippen molar-refractivity contribution in [3.63, 3.8) is 0 Å². The Morgan fingerprint density at radius 3 is 3.00 bits per heavy atom. The Bertz CT molecular complexity index is 364. The highest BCUT2D eigenvalue weighted by molar-refractivity contribution is 5.92. The number of amidine groups is 1. The van der Waals surface area contributed by atoms with Crippen LogP contribution in [0.1, 0.15) is 19.3 Å². The summed E-state index contributed by atoms with van der Waals surface area (Å²) >= 11 is 0. The number of methoxy groups -OCH3 is 1. The van der Waals surface area contributed by atoms with E-state index in [-0.39, 0.29) is 18.6 Å². The first kappa shape index (κ1) is 14.4. The minimum absolute atomic E-state index is 0.0427. The zero-order valence-electron chi connectivity index (χ0n) is 10.4. The van der Waals surface area contributed by atoms with E-state index in [4.69, 9.17) is 16.4 Å². The fourth-order valence-corrected chi connectivity index (χ4v) is 1.69. The number of hydrogen-bond donors (Lipinski definition) is 2. The maximum Gasteiger partial charge on any atom is 0.324 e. The number of nitrogens with zero attached hydrogens (tertiary/aromatic N) is 1. The lowest BCUT2D eigenvalue weighted by Gasteiger charge is -2.17. The molecule has 1 aliphatic heterocycles. The van der Waals surface area contributed by atoms with Crippen LogP contribution in [0, 0.1) is 0 Å². The zero-order valence-corrected chi connectivity index (χ0v) is 10.4. The summed E-state index contributed by atoms with van der Waals surface area (Å²) in [6.45, 7) is 0. The van der Waals surface area contributed by atoms with E-state index in [0.29, 0.717) is 18.7 Å². The second kappa shape index (κ2) is 7.62. The van der Waals surface area contributed by atoms with Crippen molar-refractivity contribution >= 4 is 11.8 Å². The van der Waals surface area contributed by atoms with Crippen LogP contribution in [0.15, 0.2) is 29.3 Å². The minimum atomic E-state index is -0.446. The van der Waals surface area contributed by atoms with Crippen molar-refractivity contribution in [2.24, 2.45) is 16.6 Å². The predicted octanol–water partition coefficient (Wildman–Crippen LogP) is 0.440. The Balaban J connectivity index is 2.47. The molecule has 1 heterocycles. The van der Waals surface area contributed by atoms with E-state index in [9.17, 15) is 4.79 Å². The Morgan fingerprint density at radius 2 is 2.33 bits per heavy atom. The van der Waals surface area contributed by atoms with Crippen LogP contribution in [-0.2, 0) is 14.4 Å². The van der Waals surface area contributed by atoms with E-state index in [1.165, 1.54) is 0 Å². The molecule has 6 nitrogen and oxygen atoms in total. The molecule has 0 aromatic heterocycles. The maximum absolute atomic E-state index is 11.0. The topological polar surface area (TPSA) is 99.9 Å². The molecule has 0 saturated carbocycles. The third kappa shape index (κ3) is 5.11. The highest BCUT2D eigenvalue weighted by Crippen LogP contribution is 2.14. The summed E-state index contributed by atoms with van der Waals surface area (Å²) < 4.78 is 5.31. The largest absolute Gasteiger partial charge is 0.384 e. The molecule has 0 aromatic rings. The first-order chi connectivity index (χ1) is 8.65. The molecule has 1 rings (SSSR count). The Labute approximate surface area is 106 Å². The Morgan fingerprint density at radius 1 is 1.56 bits per heavy atom. The molecule has 100 valence electrons. The molecule has 0 fully saturated rings. The van der Waals surface area contributed by atoms with Gasteiger partial charge >= 0.3 is 5.97 Å². The van der Waals surface area contributed by atoms with Crippen molar-refractivity contribution in [3.8, 4) is 0 Å². The van der Waals surface area contributed by atoms with Crippen molar-refractivity contribution in [2.75, 3.05) is 7.11 Å². The third-order valence-electron chi connectivity index (χ3n) is 2.67. The number of allylic oxidation sites excluding steroid dienone is 2. The molecule has 0 aliphatic carbocycles. The number of hydrogen-bond acceptors (Lipinski definition) is 6. The van der Waals surface area contributed by atoms with Gasteiger partial charge in [0.15, 0.2) is 0 Å². The average molecular weight is 253 g/mol. The molecule has 0 saturated heterocycles. The lowest BCUT2D eigenvalue weighted by Crippen LogP contribution is -2.21. The van der Waals surface area contributed by atoms with E-state index in [2.05, 4.69) is 9.83 Å². The van der Waals surface area contributed by atoms with E-state index in [1.54, 1.807) is 13.2 Å². The number of aliphatic imine (C=N–C) groups is 1. The normalized spacial score (nSPS) is 20.1. The van der Waals surface area contributed by atoms with Crippen molar-refractivity contribution in [1.29, 1.82) is 0 Å². The van der Waals surface area contributed by atoms with Gasteiger partial charge in [-0.3, -0.25) is 9.79 Å². The van der Waals surface area contributed by atoms with Crippen LogP contribution in [0.5, 0.6) is 0 Å². The van der Waals surface area contributed by atoms with Gasteiger partial charge in [0.05, 0.1) is 12.1 Å². The molecule has 0 bridgehead atoms. The highest BCUT2D eigenvalue weighted by atomic mass is 16.7. The van der Waals surface area contributed by atoms with E-state index < -0.39 is 5.97 Å². The Kier molecular flexibility index (Phi) is 6.10. The molecule has 0 radical (unpaired) electrons. The summed E-state index contributed by atoms with van der Waals surface area (Å²) in [7, 11) is 1.60. The van der Waals surface area contributed by atoms with Gasteiger partial charge in [-0.05, 0) is 18.9 Å². The van der Waals surface area contributed by atoms with Crippen molar-refractivity contribution < 1.29 is 14.4 Å². The smallest absolute Gasteiger partial charge is 0.324 e. The average Bonchev–Trinajstić information content (AvgIpc) is 2.58. The molecular weight excluding hydrogens is 234 g/mol. The van der Waals surface area contributed by atoms with Crippen LogP contribution in [0.4, 0.5) is 0 Å². The van der Waals surface area contributed by atoms with Gasteiger partial charge in [0, 0.05) is 13.5 Å². The van der Waals surface area contributed by atoms with Crippen LogP contribution >= 0.6 is 0 Å². The van der Waals surface area contributed by atoms with Gasteiger partial charge in [-0.15, -0.1) is 0 Å².